The lowest BCUT2D eigenvalue weighted by atomic mass is 10.3. The number of halogens is 1. The fraction of sp³-hybridized carbons (Fsp3) is 0. The molecule has 0 amide bonds. The quantitative estimate of drug-likeness (QED) is 0.757. The van der Waals surface area contributed by atoms with Gasteiger partial charge in [-0.25, -0.2) is 0 Å². The minimum absolute atomic E-state index is 0.0774. The predicted molar refractivity (Wildman–Crippen MR) is 64.4 cm³/mol. The van der Waals surface area contributed by atoms with Crippen molar-refractivity contribution in [3.05, 3.63) is 52.3 Å². The summed E-state index contributed by atoms with van der Waals surface area (Å²) < 4.78 is 10.0. The molecule has 1 aromatic carbocycles. The van der Waals surface area contributed by atoms with Gasteiger partial charge in [0, 0.05) is 4.01 Å². The minimum Gasteiger partial charge on any atom is -0.457 e. The smallest absolute Gasteiger partial charge is 0.133 e. The summed E-state index contributed by atoms with van der Waals surface area (Å²) in [4.78, 5) is 0. The van der Waals surface area contributed by atoms with Crippen molar-refractivity contribution in [2.75, 3.05) is 0 Å². The van der Waals surface area contributed by atoms with E-state index in [9.17, 15) is 0 Å². The number of allylic oxidation sites excluding steroid dienone is 3. The Morgan fingerprint density at radius 1 is 1.08 bits per heavy atom. The second kappa shape index (κ2) is 4.37. The Bertz CT molecular complexity index is 363. The molecule has 0 aliphatic carbocycles. The molecule has 1 aliphatic rings. The Balaban J connectivity index is 2.11. The monoisotopic (exact) mass is 284 g/mol. The third kappa shape index (κ3) is 2.52. The van der Waals surface area contributed by atoms with E-state index in [4.69, 9.17) is 4.74 Å². The van der Waals surface area contributed by atoms with Crippen molar-refractivity contribution in [2.45, 2.75) is 0 Å². The lowest BCUT2D eigenvalue weighted by Gasteiger charge is -2.05. The summed E-state index contributed by atoms with van der Waals surface area (Å²) in [5, 5.41) is 0. The maximum absolute atomic E-state index is 5.64. The SMILES string of the molecule is C1=CI=CC(Oc2ccccc2)=C1. The van der Waals surface area contributed by atoms with Gasteiger partial charge in [-0.2, -0.15) is 0 Å². The van der Waals surface area contributed by atoms with E-state index in [1.165, 1.54) is 0 Å². The molecule has 0 saturated carbocycles. The highest BCUT2D eigenvalue weighted by molar-refractivity contribution is 14.2. The van der Waals surface area contributed by atoms with Crippen molar-refractivity contribution in [3.63, 3.8) is 0 Å². The summed E-state index contributed by atoms with van der Waals surface area (Å²) >= 11 is 0.0774. The highest BCUT2D eigenvalue weighted by Gasteiger charge is 1.96. The lowest BCUT2D eigenvalue weighted by Crippen LogP contribution is -1.95. The van der Waals surface area contributed by atoms with Crippen molar-refractivity contribution in [3.8, 4) is 5.75 Å². The van der Waals surface area contributed by atoms with Gasteiger partial charge < -0.3 is 4.74 Å². The third-order valence-electron chi connectivity index (χ3n) is 1.56. The van der Waals surface area contributed by atoms with Gasteiger partial charge in [-0.15, -0.1) is 0 Å². The third-order valence-corrected chi connectivity index (χ3v) is 3.36. The summed E-state index contributed by atoms with van der Waals surface area (Å²) in [6.45, 7) is 0. The van der Waals surface area contributed by atoms with Crippen LogP contribution in [0.2, 0.25) is 0 Å². The Hall–Kier alpha value is -0.900. The van der Waals surface area contributed by atoms with Crippen LogP contribution in [0, 0.1) is 0 Å². The number of benzene rings is 1. The molecule has 2 rings (SSSR count). The van der Waals surface area contributed by atoms with Gasteiger partial charge in [0.2, 0.25) is 0 Å². The van der Waals surface area contributed by atoms with Crippen LogP contribution in [0.25, 0.3) is 0 Å². The molecule has 1 nitrogen and oxygen atoms in total. The number of para-hydroxylation sites is 1. The first-order chi connectivity index (χ1) is 6.45. The molecule has 0 saturated heterocycles. The highest BCUT2D eigenvalue weighted by atomic mass is 127. The maximum Gasteiger partial charge on any atom is 0.133 e. The minimum atomic E-state index is 0.0774. The molecular weight excluding hydrogens is 275 g/mol. The molecule has 0 N–H and O–H groups in total. The molecule has 0 atom stereocenters. The van der Waals surface area contributed by atoms with Gasteiger partial charge in [-0.3, -0.25) is 0 Å². The topological polar surface area (TPSA) is 9.23 Å². The van der Waals surface area contributed by atoms with Crippen LogP contribution in [0.4, 0.5) is 0 Å². The molecule has 13 heavy (non-hydrogen) atoms. The molecule has 1 heterocycles. The van der Waals surface area contributed by atoms with E-state index >= 15 is 0 Å². The van der Waals surface area contributed by atoms with Crippen molar-refractivity contribution >= 4 is 24.7 Å². The molecule has 0 aromatic heterocycles. The summed E-state index contributed by atoms with van der Waals surface area (Å²) in [5.41, 5.74) is 0. The number of ether oxygens (including phenoxy) is 1. The van der Waals surface area contributed by atoms with E-state index in [1.807, 2.05) is 36.4 Å². The first-order valence-electron chi connectivity index (χ1n) is 4.00. The first-order valence-corrected chi connectivity index (χ1v) is 6.49. The Labute approximate surface area is 87.5 Å². The maximum atomic E-state index is 5.64. The summed E-state index contributed by atoms with van der Waals surface area (Å²) in [6, 6.07) is 9.86. The zero-order chi connectivity index (χ0) is 8.93. The van der Waals surface area contributed by atoms with Crippen LogP contribution in [-0.2, 0) is 0 Å². The van der Waals surface area contributed by atoms with E-state index in [0.717, 1.165) is 11.5 Å². The summed E-state index contributed by atoms with van der Waals surface area (Å²) in [7, 11) is 0. The predicted octanol–water partition coefficient (Wildman–Crippen LogP) is 3.25. The summed E-state index contributed by atoms with van der Waals surface area (Å²) in [6.07, 6.45) is 4.06. The average molecular weight is 284 g/mol. The van der Waals surface area contributed by atoms with Gasteiger partial charge in [-0.05, 0) is 22.3 Å². The molecule has 0 radical (unpaired) electrons. The van der Waals surface area contributed by atoms with Gasteiger partial charge in [0.1, 0.15) is 11.5 Å². The fourth-order valence-corrected chi connectivity index (χ4v) is 2.33. The first kappa shape index (κ1) is 8.69. The molecule has 0 spiro atoms. The normalized spacial score (nSPS) is 14.6. The van der Waals surface area contributed by atoms with Crippen LogP contribution >= 0.6 is 20.7 Å². The van der Waals surface area contributed by atoms with Gasteiger partial charge in [-0.1, -0.05) is 45.0 Å². The Kier molecular flexibility index (Phi) is 2.92. The zero-order valence-corrected chi connectivity index (χ0v) is 9.14. The second-order valence-corrected chi connectivity index (χ2v) is 4.60. The lowest BCUT2D eigenvalue weighted by molar-refractivity contribution is 0.459. The van der Waals surface area contributed by atoms with E-state index in [-0.39, 0.29) is 20.7 Å². The number of hydrogen-bond donors (Lipinski definition) is 0. The molecule has 1 aromatic rings. The van der Waals surface area contributed by atoms with Gasteiger partial charge in [0.25, 0.3) is 0 Å². The molecule has 1 aliphatic heterocycles. The number of hydrogen-bond acceptors (Lipinski definition) is 1. The van der Waals surface area contributed by atoms with E-state index in [2.05, 4.69) is 14.2 Å². The molecular formula is C11H9IO. The van der Waals surface area contributed by atoms with Crippen LogP contribution in [-0.4, -0.2) is 4.01 Å². The van der Waals surface area contributed by atoms with Gasteiger partial charge >= 0.3 is 0 Å². The average Bonchev–Trinajstić information content (AvgIpc) is 2.21. The standard InChI is InChI=1S/C11H9IO/c1-2-5-10(6-3-1)13-11-7-4-8-12-9-11/h1-9H. The Morgan fingerprint density at radius 2 is 1.92 bits per heavy atom. The van der Waals surface area contributed by atoms with Crippen molar-refractivity contribution in [2.24, 2.45) is 0 Å². The van der Waals surface area contributed by atoms with Crippen molar-refractivity contribution < 1.29 is 4.74 Å². The number of rotatable bonds is 2. The van der Waals surface area contributed by atoms with Gasteiger partial charge in [0.05, 0.1) is 0 Å². The highest BCUT2D eigenvalue weighted by Crippen LogP contribution is 2.15. The van der Waals surface area contributed by atoms with Crippen LogP contribution in [0.1, 0.15) is 0 Å². The van der Waals surface area contributed by atoms with Crippen molar-refractivity contribution in [1.29, 1.82) is 0 Å². The van der Waals surface area contributed by atoms with Crippen LogP contribution in [0.3, 0.4) is 0 Å². The van der Waals surface area contributed by atoms with E-state index < -0.39 is 0 Å². The van der Waals surface area contributed by atoms with Gasteiger partial charge in [0.15, 0.2) is 0 Å². The summed E-state index contributed by atoms with van der Waals surface area (Å²) in [5.74, 6) is 1.88. The Morgan fingerprint density at radius 3 is 2.62 bits per heavy atom. The van der Waals surface area contributed by atoms with Crippen LogP contribution in [0.15, 0.2) is 52.3 Å². The molecule has 2 heteroatoms. The fourth-order valence-electron chi connectivity index (χ4n) is 0.989. The van der Waals surface area contributed by atoms with Crippen LogP contribution < -0.4 is 4.74 Å². The molecule has 0 bridgehead atoms. The largest absolute Gasteiger partial charge is 0.457 e. The van der Waals surface area contributed by atoms with Crippen molar-refractivity contribution in [1.82, 2.24) is 0 Å². The van der Waals surface area contributed by atoms with E-state index in [0.29, 0.717) is 0 Å². The zero-order valence-electron chi connectivity index (χ0n) is 6.98. The molecule has 66 valence electrons. The molecule has 0 fully saturated rings. The molecule has 0 unspecified atom stereocenters. The second-order valence-electron chi connectivity index (χ2n) is 2.54. The van der Waals surface area contributed by atoms with Crippen LogP contribution in [0.5, 0.6) is 5.75 Å². The van der Waals surface area contributed by atoms with E-state index in [1.54, 1.807) is 0 Å².